The Labute approximate surface area is 108 Å². The first kappa shape index (κ1) is 15.7. The number of aliphatic carboxylic acids is 1. The van der Waals surface area contributed by atoms with Crippen molar-refractivity contribution in [2.45, 2.75) is 25.4 Å². The number of methoxy groups -OCH3 is 1. The third kappa shape index (κ3) is 3.17. The number of hydrogen-bond acceptors (Lipinski definition) is 3. The molecular weight excluding hydrogens is 267 g/mol. The molecule has 1 N–H and O–H groups in total. The summed E-state index contributed by atoms with van der Waals surface area (Å²) in [7, 11) is 1.46. The molecule has 1 heterocycles. The predicted octanol–water partition coefficient (Wildman–Crippen LogP) is 1.28. The summed E-state index contributed by atoms with van der Waals surface area (Å²) in [5.41, 5.74) is -2.83. The molecule has 0 aromatic heterocycles. The van der Waals surface area contributed by atoms with Crippen molar-refractivity contribution in [1.82, 2.24) is 4.90 Å². The van der Waals surface area contributed by atoms with Crippen molar-refractivity contribution in [3.63, 3.8) is 0 Å². The molecule has 1 amide bonds. The summed E-state index contributed by atoms with van der Waals surface area (Å²) < 4.78 is 43.4. The molecule has 19 heavy (non-hydrogen) atoms. The van der Waals surface area contributed by atoms with Crippen LogP contribution >= 0.6 is 0 Å². The summed E-state index contributed by atoms with van der Waals surface area (Å²) in [6.45, 7) is -0.655. The van der Waals surface area contributed by atoms with E-state index in [9.17, 15) is 22.8 Å². The lowest BCUT2D eigenvalue weighted by Crippen LogP contribution is -2.47. The van der Waals surface area contributed by atoms with Crippen molar-refractivity contribution in [1.29, 1.82) is 0 Å². The Hall–Kier alpha value is -1.31. The third-order valence-electron chi connectivity index (χ3n) is 3.31. The summed E-state index contributed by atoms with van der Waals surface area (Å²) in [6, 6.07) is 0. The number of ether oxygens (including phenoxy) is 1. The predicted molar refractivity (Wildman–Crippen MR) is 58.4 cm³/mol. The first-order chi connectivity index (χ1) is 8.74. The van der Waals surface area contributed by atoms with Gasteiger partial charge in [0.1, 0.15) is 0 Å². The molecule has 1 aliphatic rings. The van der Waals surface area contributed by atoms with Crippen molar-refractivity contribution >= 4 is 11.9 Å². The summed E-state index contributed by atoms with van der Waals surface area (Å²) in [5.74, 6) is -2.39. The second kappa shape index (κ2) is 5.77. The van der Waals surface area contributed by atoms with Crippen LogP contribution in [0.25, 0.3) is 0 Å². The SMILES string of the molecule is COCCCC(=O)N1CCC(C(=O)O)(C(F)(F)F)C1. The Kier molecular flexibility index (Phi) is 4.78. The quantitative estimate of drug-likeness (QED) is 0.772. The summed E-state index contributed by atoms with van der Waals surface area (Å²) in [5, 5.41) is 8.84. The zero-order valence-electron chi connectivity index (χ0n) is 10.5. The molecule has 0 spiro atoms. The molecule has 1 unspecified atom stereocenters. The number of carbonyl (C=O) groups excluding carboxylic acids is 1. The fourth-order valence-electron chi connectivity index (χ4n) is 2.08. The highest BCUT2D eigenvalue weighted by Crippen LogP contribution is 2.45. The fraction of sp³-hybridized carbons (Fsp3) is 0.818. The van der Waals surface area contributed by atoms with E-state index in [2.05, 4.69) is 0 Å². The monoisotopic (exact) mass is 283 g/mol. The van der Waals surface area contributed by atoms with Gasteiger partial charge in [-0.25, -0.2) is 0 Å². The Bertz CT molecular complexity index is 358. The number of nitrogens with zero attached hydrogens (tertiary/aromatic N) is 1. The lowest BCUT2D eigenvalue weighted by molar-refractivity contribution is -0.227. The van der Waals surface area contributed by atoms with Crippen molar-refractivity contribution in [2.24, 2.45) is 5.41 Å². The molecule has 8 heteroatoms. The number of likely N-dealkylation sites (tertiary alicyclic amines) is 1. The average Bonchev–Trinajstić information content (AvgIpc) is 2.74. The standard InChI is InChI=1S/C11H16F3NO4/c1-19-6-2-3-8(16)15-5-4-10(7-15,9(17)18)11(12,13)14/h2-7H2,1H3,(H,17,18). The first-order valence-electron chi connectivity index (χ1n) is 5.81. The van der Waals surface area contributed by atoms with E-state index in [0.29, 0.717) is 13.0 Å². The number of carboxylic acid groups (broad SMARTS) is 1. The van der Waals surface area contributed by atoms with Crippen LogP contribution in [-0.4, -0.2) is 54.9 Å². The van der Waals surface area contributed by atoms with Crippen LogP contribution in [0.3, 0.4) is 0 Å². The van der Waals surface area contributed by atoms with Gasteiger partial charge in [0.05, 0.1) is 0 Å². The maximum absolute atomic E-state index is 12.9. The van der Waals surface area contributed by atoms with E-state index in [1.807, 2.05) is 0 Å². The molecular formula is C11H16F3NO4. The van der Waals surface area contributed by atoms with Crippen LogP contribution < -0.4 is 0 Å². The van der Waals surface area contributed by atoms with Crippen molar-refractivity contribution in [2.75, 3.05) is 26.8 Å². The third-order valence-corrected chi connectivity index (χ3v) is 3.31. The van der Waals surface area contributed by atoms with Crippen molar-refractivity contribution in [3.8, 4) is 0 Å². The number of amides is 1. The molecule has 0 bridgehead atoms. The van der Waals surface area contributed by atoms with Gasteiger partial charge in [0.25, 0.3) is 0 Å². The van der Waals surface area contributed by atoms with Gasteiger partial charge in [-0.15, -0.1) is 0 Å². The van der Waals surface area contributed by atoms with E-state index in [1.165, 1.54) is 7.11 Å². The van der Waals surface area contributed by atoms with Crippen LogP contribution in [0.1, 0.15) is 19.3 Å². The van der Waals surface area contributed by atoms with Crippen LogP contribution in [0, 0.1) is 5.41 Å². The van der Waals surface area contributed by atoms with Crippen LogP contribution in [0.15, 0.2) is 0 Å². The number of halogens is 3. The maximum Gasteiger partial charge on any atom is 0.406 e. The van der Waals surface area contributed by atoms with Gasteiger partial charge in [0.15, 0.2) is 5.41 Å². The van der Waals surface area contributed by atoms with E-state index < -0.39 is 36.4 Å². The van der Waals surface area contributed by atoms with Gasteiger partial charge < -0.3 is 14.7 Å². The van der Waals surface area contributed by atoms with Gasteiger partial charge in [0, 0.05) is 33.2 Å². The summed E-state index contributed by atoms with van der Waals surface area (Å²) in [4.78, 5) is 23.6. The fourth-order valence-corrected chi connectivity index (χ4v) is 2.08. The smallest absolute Gasteiger partial charge is 0.406 e. The van der Waals surface area contributed by atoms with E-state index >= 15 is 0 Å². The zero-order chi connectivity index (χ0) is 14.7. The zero-order valence-corrected chi connectivity index (χ0v) is 10.5. The maximum atomic E-state index is 12.9. The number of carboxylic acids is 1. The number of rotatable bonds is 5. The normalized spacial score (nSPS) is 23.7. The molecule has 1 rings (SSSR count). The number of carbonyl (C=O) groups is 2. The molecule has 0 radical (unpaired) electrons. The Morgan fingerprint density at radius 3 is 2.47 bits per heavy atom. The molecule has 0 aromatic rings. The van der Waals surface area contributed by atoms with Crippen LogP contribution in [0.2, 0.25) is 0 Å². The van der Waals surface area contributed by atoms with Crippen molar-refractivity contribution < 1.29 is 32.6 Å². The highest BCUT2D eigenvalue weighted by Gasteiger charge is 2.64. The molecule has 1 aliphatic heterocycles. The lowest BCUT2D eigenvalue weighted by atomic mass is 9.86. The second-order valence-corrected chi connectivity index (χ2v) is 4.55. The van der Waals surface area contributed by atoms with E-state index in [1.54, 1.807) is 0 Å². The average molecular weight is 283 g/mol. The molecule has 1 saturated heterocycles. The van der Waals surface area contributed by atoms with E-state index in [-0.39, 0.29) is 13.0 Å². The number of hydrogen-bond donors (Lipinski definition) is 1. The summed E-state index contributed by atoms with van der Waals surface area (Å²) in [6.07, 6.45) is -5.00. The molecule has 1 fully saturated rings. The second-order valence-electron chi connectivity index (χ2n) is 4.55. The van der Waals surface area contributed by atoms with E-state index in [4.69, 9.17) is 9.84 Å². The van der Waals surface area contributed by atoms with Gasteiger partial charge in [-0.3, -0.25) is 9.59 Å². The first-order valence-corrected chi connectivity index (χ1v) is 5.81. The molecule has 0 aromatic carbocycles. The lowest BCUT2D eigenvalue weighted by Gasteiger charge is -2.27. The van der Waals surface area contributed by atoms with Crippen LogP contribution in [-0.2, 0) is 14.3 Å². The highest BCUT2D eigenvalue weighted by molar-refractivity contribution is 5.81. The minimum absolute atomic E-state index is 0.0569. The highest BCUT2D eigenvalue weighted by atomic mass is 19.4. The van der Waals surface area contributed by atoms with Gasteiger partial charge in [-0.05, 0) is 12.8 Å². The topological polar surface area (TPSA) is 66.8 Å². The van der Waals surface area contributed by atoms with Gasteiger partial charge in [0.2, 0.25) is 5.91 Å². The Morgan fingerprint density at radius 1 is 1.42 bits per heavy atom. The van der Waals surface area contributed by atoms with Crippen LogP contribution in [0.4, 0.5) is 13.2 Å². The van der Waals surface area contributed by atoms with Crippen LogP contribution in [0.5, 0.6) is 0 Å². The van der Waals surface area contributed by atoms with E-state index in [0.717, 1.165) is 4.90 Å². The molecule has 1 atom stereocenters. The minimum atomic E-state index is -4.86. The molecule has 110 valence electrons. The Balaban J connectivity index is 2.70. The molecule has 0 saturated carbocycles. The van der Waals surface area contributed by atoms with Gasteiger partial charge in [-0.2, -0.15) is 13.2 Å². The minimum Gasteiger partial charge on any atom is -0.481 e. The molecule has 5 nitrogen and oxygen atoms in total. The Morgan fingerprint density at radius 2 is 2.05 bits per heavy atom. The van der Waals surface area contributed by atoms with Gasteiger partial charge >= 0.3 is 12.1 Å². The van der Waals surface area contributed by atoms with Gasteiger partial charge in [-0.1, -0.05) is 0 Å². The largest absolute Gasteiger partial charge is 0.481 e. The number of alkyl halides is 3. The molecule has 0 aliphatic carbocycles. The summed E-state index contributed by atoms with van der Waals surface area (Å²) >= 11 is 0. The van der Waals surface area contributed by atoms with Crippen molar-refractivity contribution in [3.05, 3.63) is 0 Å².